The first-order valence-electron chi connectivity index (χ1n) is 10.9. The molecule has 3 aliphatic heterocycles. The number of fused-ring (bicyclic) bond motifs is 1. The molecular weight excluding hydrogens is 392 g/mol. The Morgan fingerprint density at radius 2 is 2.10 bits per heavy atom. The van der Waals surface area contributed by atoms with E-state index in [1.165, 1.54) is 5.56 Å². The first kappa shape index (κ1) is 20.0. The normalized spacial score (nSPS) is 28.6. The average molecular weight is 421 g/mol. The van der Waals surface area contributed by atoms with Crippen molar-refractivity contribution in [2.45, 2.75) is 38.0 Å². The number of rotatable bonds is 6. The van der Waals surface area contributed by atoms with Gasteiger partial charge in [0.1, 0.15) is 5.60 Å². The van der Waals surface area contributed by atoms with Gasteiger partial charge in [-0.15, -0.1) is 0 Å². The molecule has 1 aromatic carbocycles. The van der Waals surface area contributed by atoms with E-state index in [2.05, 4.69) is 31.1 Å². The predicted octanol–water partition coefficient (Wildman–Crippen LogP) is 2.45. The van der Waals surface area contributed by atoms with Crippen molar-refractivity contribution in [2.75, 3.05) is 25.0 Å². The smallest absolute Gasteiger partial charge is 0.234 e. The van der Waals surface area contributed by atoms with Crippen LogP contribution >= 0.6 is 0 Å². The molecule has 2 bridgehead atoms. The standard InChI is InChI=1S/C24H28N4O3/c1-16(2)17-5-7-18(8-6-17)28-15-24-10-9-19(31-24)20(21(24)23(28)30)22(29)26(3)13-14-27-12-4-11-25-27/h4-12,16,19-21H,13-15H2,1-3H3/t19-,20?,21?,24-/m1/s1. The van der Waals surface area contributed by atoms with Gasteiger partial charge in [-0.25, -0.2) is 0 Å². The van der Waals surface area contributed by atoms with Crippen molar-refractivity contribution >= 4 is 17.5 Å². The summed E-state index contributed by atoms with van der Waals surface area (Å²) in [5.74, 6) is -0.601. The summed E-state index contributed by atoms with van der Waals surface area (Å²) in [4.78, 5) is 30.3. The van der Waals surface area contributed by atoms with Gasteiger partial charge in [-0.05, 0) is 29.7 Å². The van der Waals surface area contributed by atoms with E-state index in [0.29, 0.717) is 25.6 Å². The number of benzene rings is 1. The van der Waals surface area contributed by atoms with Gasteiger partial charge in [0.15, 0.2) is 0 Å². The van der Waals surface area contributed by atoms with E-state index in [0.717, 1.165) is 5.69 Å². The molecule has 162 valence electrons. The van der Waals surface area contributed by atoms with Crippen LogP contribution in [0.3, 0.4) is 0 Å². The van der Waals surface area contributed by atoms with Crippen LogP contribution in [0.2, 0.25) is 0 Å². The van der Waals surface area contributed by atoms with E-state index in [-0.39, 0.29) is 17.9 Å². The van der Waals surface area contributed by atoms with Gasteiger partial charge >= 0.3 is 0 Å². The van der Waals surface area contributed by atoms with Crippen molar-refractivity contribution < 1.29 is 14.3 Å². The number of carbonyl (C=O) groups is 2. The van der Waals surface area contributed by atoms with Crippen molar-refractivity contribution in [3.05, 3.63) is 60.4 Å². The molecule has 4 heterocycles. The van der Waals surface area contributed by atoms with E-state index in [9.17, 15) is 9.59 Å². The lowest BCUT2D eigenvalue weighted by Gasteiger charge is -2.27. The first-order chi connectivity index (χ1) is 14.9. The minimum Gasteiger partial charge on any atom is -0.360 e. The number of hydrogen-bond donors (Lipinski definition) is 0. The zero-order chi connectivity index (χ0) is 21.8. The van der Waals surface area contributed by atoms with Crippen LogP contribution in [0, 0.1) is 11.8 Å². The Bertz CT molecular complexity index is 1010. The topological polar surface area (TPSA) is 67.7 Å². The highest BCUT2D eigenvalue weighted by Crippen LogP contribution is 2.53. The van der Waals surface area contributed by atoms with Gasteiger partial charge < -0.3 is 14.5 Å². The molecule has 0 aliphatic carbocycles. The molecule has 1 aromatic heterocycles. The van der Waals surface area contributed by atoms with Gasteiger partial charge in [-0.3, -0.25) is 14.3 Å². The maximum absolute atomic E-state index is 13.5. The molecule has 7 heteroatoms. The summed E-state index contributed by atoms with van der Waals surface area (Å²) in [6.45, 7) is 5.89. The molecule has 2 saturated heterocycles. The van der Waals surface area contributed by atoms with E-state index < -0.39 is 17.4 Å². The Labute approximate surface area is 182 Å². The molecule has 2 aromatic rings. The van der Waals surface area contributed by atoms with Crippen LogP contribution in [-0.2, 0) is 20.9 Å². The van der Waals surface area contributed by atoms with E-state index in [1.807, 2.05) is 36.5 Å². The summed E-state index contributed by atoms with van der Waals surface area (Å²) in [6.07, 6.45) is 7.22. The van der Waals surface area contributed by atoms with Crippen molar-refractivity contribution in [2.24, 2.45) is 11.8 Å². The molecule has 2 unspecified atom stereocenters. The molecule has 1 spiro atoms. The van der Waals surface area contributed by atoms with Crippen LogP contribution in [0.25, 0.3) is 0 Å². The Hall–Kier alpha value is -2.93. The third-order valence-electron chi connectivity index (χ3n) is 6.86. The maximum atomic E-state index is 13.5. The Balaban J connectivity index is 1.35. The number of hydrogen-bond acceptors (Lipinski definition) is 4. The Morgan fingerprint density at radius 3 is 2.77 bits per heavy atom. The highest BCUT2D eigenvalue weighted by molar-refractivity contribution is 6.03. The lowest BCUT2D eigenvalue weighted by molar-refractivity contribution is -0.139. The molecule has 0 N–H and O–H groups in total. The molecule has 3 aliphatic rings. The Kier molecular flexibility index (Phi) is 4.73. The summed E-state index contributed by atoms with van der Waals surface area (Å²) in [5.41, 5.74) is 1.39. The van der Waals surface area contributed by atoms with Gasteiger partial charge in [0.25, 0.3) is 0 Å². The van der Waals surface area contributed by atoms with Crippen LogP contribution in [0.1, 0.15) is 25.3 Å². The van der Waals surface area contributed by atoms with Crippen LogP contribution in [-0.4, -0.2) is 58.3 Å². The summed E-state index contributed by atoms with van der Waals surface area (Å²) < 4.78 is 8.06. The summed E-state index contributed by atoms with van der Waals surface area (Å²) in [6, 6.07) is 9.99. The second kappa shape index (κ2) is 7.34. The minimum absolute atomic E-state index is 0.0250. The molecule has 0 saturated carbocycles. The summed E-state index contributed by atoms with van der Waals surface area (Å²) >= 11 is 0. The van der Waals surface area contributed by atoms with Gasteiger partial charge in [0, 0.05) is 31.7 Å². The van der Waals surface area contributed by atoms with Gasteiger partial charge in [-0.2, -0.15) is 5.10 Å². The largest absolute Gasteiger partial charge is 0.360 e. The fourth-order valence-electron chi connectivity index (χ4n) is 5.09. The summed E-state index contributed by atoms with van der Waals surface area (Å²) in [5, 5.41) is 4.19. The van der Waals surface area contributed by atoms with Gasteiger partial charge in [-0.1, -0.05) is 38.1 Å². The summed E-state index contributed by atoms with van der Waals surface area (Å²) in [7, 11) is 1.79. The number of likely N-dealkylation sites (N-methyl/N-ethyl adjacent to an activating group) is 1. The van der Waals surface area contributed by atoms with Crippen LogP contribution in [0.5, 0.6) is 0 Å². The molecule has 2 amide bonds. The van der Waals surface area contributed by atoms with Crippen LogP contribution < -0.4 is 4.90 Å². The molecule has 5 rings (SSSR count). The van der Waals surface area contributed by atoms with E-state index >= 15 is 0 Å². The quantitative estimate of drug-likeness (QED) is 0.674. The molecule has 4 atom stereocenters. The average Bonchev–Trinajstić information content (AvgIpc) is 3.54. The van der Waals surface area contributed by atoms with E-state index in [4.69, 9.17) is 4.74 Å². The number of nitrogens with zero attached hydrogens (tertiary/aromatic N) is 4. The number of anilines is 1. The minimum atomic E-state index is -0.707. The predicted molar refractivity (Wildman–Crippen MR) is 116 cm³/mol. The second-order valence-corrected chi connectivity index (χ2v) is 9.10. The fourth-order valence-corrected chi connectivity index (χ4v) is 5.09. The number of amides is 2. The highest BCUT2D eigenvalue weighted by Gasteiger charge is 2.67. The third-order valence-corrected chi connectivity index (χ3v) is 6.86. The molecule has 31 heavy (non-hydrogen) atoms. The maximum Gasteiger partial charge on any atom is 0.234 e. The lowest BCUT2D eigenvalue weighted by atomic mass is 9.76. The SMILES string of the molecule is CC(C)c1ccc(N2C[C@@]34C=C[C@@H](O3)C(C(=O)N(C)CCn3cccn3)C4C2=O)cc1. The molecule has 2 fully saturated rings. The number of carbonyl (C=O) groups excluding carboxylic acids is 2. The second-order valence-electron chi connectivity index (χ2n) is 9.10. The fraction of sp³-hybridized carbons (Fsp3) is 0.458. The van der Waals surface area contributed by atoms with Crippen molar-refractivity contribution in [3.63, 3.8) is 0 Å². The van der Waals surface area contributed by atoms with Crippen molar-refractivity contribution in [1.82, 2.24) is 14.7 Å². The third kappa shape index (κ3) is 3.19. The van der Waals surface area contributed by atoms with Crippen molar-refractivity contribution in [1.29, 1.82) is 0 Å². The van der Waals surface area contributed by atoms with Gasteiger partial charge in [0.2, 0.25) is 11.8 Å². The Morgan fingerprint density at radius 1 is 1.32 bits per heavy atom. The molecular formula is C24H28N4O3. The monoisotopic (exact) mass is 420 g/mol. The zero-order valence-electron chi connectivity index (χ0n) is 18.1. The van der Waals surface area contributed by atoms with E-state index in [1.54, 1.807) is 27.7 Å². The number of ether oxygens (including phenoxy) is 1. The first-order valence-corrected chi connectivity index (χ1v) is 10.9. The molecule has 0 radical (unpaired) electrons. The zero-order valence-corrected chi connectivity index (χ0v) is 18.1. The number of aromatic nitrogens is 2. The lowest BCUT2D eigenvalue weighted by Crippen LogP contribution is -2.45. The highest BCUT2D eigenvalue weighted by atomic mass is 16.5. The van der Waals surface area contributed by atoms with Crippen LogP contribution in [0.4, 0.5) is 5.69 Å². The van der Waals surface area contributed by atoms with Crippen molar-refractivity contribution in [3.8, 4) is 0 Å². The van der Waals surface area contributed by atoms with Crippen LogP contribution in [0.15, 0.2) is 54.9 Å². The molecule has 7 nitrogen and oxygen atoms in total. The van der Waals surface area contributed by atoms with Gasteiger partial charge in [0.05, 0.1) is 31.0 Å².